The van der Waals surface area contributed by atoms with Gasteiger partial charge >= 0.3 is 5.97 Å². The lowest BCUT2D eigenvalue weighted by molar-refractivity contribution is -0.151. The van der Waals surface area contributed by atoms with Gasteiger partial charge in [0.1, 0.15) is 0 Å². The number of carbonyl (C=O) groups is 1. The van der Waals surface area contributed by atoms with Crippen molar-refractivity contribution < 1.29 is 23.9 Å². The maximum absolute atomic E-state index is 13.8. The van der Waals surface area contributed by atoms with Crippen molar-refractivity contribution in [1.82, 2.24) is 4.98 Å². The summed E-state index contributed by atoms with van der Waals surface area (Å²) in [7, 11) is 0. The monoisotopic (exact) mass is 352 g/mol. The summed E-state index contributed by atoms with van der Waals surface area (Å²) >= 11 is 5.96. The van der Waals surface area contributed by atoms with Gasteiger partial charge in [0.2, 0.25) is 5.95 Å². The topological polar surface area (TPSA) is 81.0 Å². The molecule has 126 valence electrons. The minimum absolute atomic E-state index is 0.0316. The zero-order chi connectivity index (χ0) is 17.7. The minimum Gasteiger partial charge on any atom is -0.504 e. The Hall–Kier alpha value is -2.67. The van der Waals surface area contributed by atoms with Gasteiger partial charge in [-0.2, -0.15) is 4.39 Å². The quantitative estimate of drug-likeness (QED) is 0.385. The second kappa shape index (κ2) is 7.74. The van der Waals surface area contributed by atoms with Crippen molar-refractivity contribution in [3.8, 4) is 22.6 Å². The third-order valence-corrected chi connectivity index (χ3v) is 3.30. The van der Waals surface area contributed by atoms with Gasteiger partial charge in [0, 0.05) is 12.4 Å². The molecule has 1 unspecified atom stereocenters. The van der Waals surface area contributed by atoms with Gasteiger partial charge in [-0.15, -0.1) is 0 Å². The molecule has 1 heterocycles. The van der Waals surface area contributed by atoms with Gasteiger partial charge in [-0.1, -0.05) is 22.8 Å². The van der Waals surface area contributed by atoms with Crippen molar-refractivity contribution in [3.05, 3.63) is 41.4 Å². The zero-order valence-corrected chi connectivity index (χ0v) is 13.6. The summed E-state index contributed by atoms with van der Waals surface area (Å²) < 4.78 is 19.1. The van der Waals surface area contributed by atoms with Crippen LogP contribution in [0.5, 0.6) is 11.5 Å². The molecule has 0 saturated heterocycles. The average molecular weight is 353 g/mol. The van der Waals surface area contributed by atoms with Crippen LogP contribution in [0.3, 0.4) is 0 Å². The largest absolute Gasteiger partial charge is 0.504 e. The summed E-state index contributed by atoms with van der Waals surface area (Å²) in [6, 6.07) is 5.58. The number of halogens is 2. The molecule has 0 aliphatic heterocycles. The Bertz CT molecular complexity index is 762. The molecule has 0 saturated carbocycles. The number of rotatable bonds is 5. The van der Waals surface area contributed by atoms with Gasteiger partial charge < -0.3 is 14.7 Å². The summed E-state index contributed by atoms with van der Waals surface area (Å²) in [5.41, 5.74) is 0.382. The smallest absolute Gasteiger partial charge is 0.374 e. The second-order valence-electron chi connectivity index (χ2n) is 4.68. The second-order valence-corrected chi connectivity index (χ2v) is 5.08. The molecule has 2 rings (SSSR count). The third kappa shape index (κ3) is 3.99. The van der Waals surface area contributed by atoms with Crippen molar-refractivity contribution in [2.75, 3.05) is 0 Å². The van der Waals surface area contributed by atoms with Crippen LogP contribution in [0.15, 0.2) is 35.6 Å². The number of phenolic OH excluding ortho intramolecular Hbond substituents is 1. The normalized spacial score (nSPS) is 12.2. The lowest BCUT2D eigenvalue weighted by Gasteiger charge is -2.14. The number of aromatic hydroxyl groups is 1. The highest BCUT2D eigenvalue weighted by molar-refractivity contribution is 6.33. The predicted octanol–water partition coefficient (Wildman–Crippen LogP) is 3.56. The van der Waals surface area contributed by atoms with E-state index in [0.717, 1.165) is 0 Å². The summed E-state index contributed by atoms with van der Waals surface area (Å²) in [5.74, 6) is -1.74. The first-order chi connectivity index (χ1) is 11.4. The Morgan fingerprint density at radius 3 is 2.83 bits per heavy atom. The Morgan fingerprint density at radius 2 is 2.21 bits per heavy atom. The Balaban J connectivity index is 2.23. The predicted molar refractivity (Wildman–Crippen MR) is 86.7 cm³/mol. The van der Waals surface area contributed by atoms with Crippen LogP contribution in [0.25, 0.3) is 11.1 Å². The van der Waals surface area contributed by atoms with E-state index in [0.29, 0.717) is 5.56 Å². The number of phenols is 1. The molecule has 0 bridgehead atoms. The summed E-state index contributed by atoms with van der Waals surface area (Å²) in [6.07, 6.45) is 1.55. The van der Waals surface area contributed by atoms with Crippen LogP contribution < -0.4 is 4.74 Å². The first-order valence-corrected chi connectivity index (χ1v) is 7.30. The molecule has 1 aromatic carbocycles. The third-order valence-electron chi connectivity index (χ3n) is 2.99. The Morgan fingerprint density at radius 1 is 1.46 bits per heavy atom. The molecule has 0 amide bonds. The van der Waals surface area contributed by atoms with Crippen LogP contribution in [-0.2, 0) is 9.63 Å². The number of oxime groups is 1. The maximum atomic E-state index is 13.8. The van der Waals surface area contributed by atoms with E-state index in [9.17, 15) is 14.3 Å². The van der Waals surface area contributed by atoms with E-state index in [4.69, 9.17) is 16.3 Å². The Kier molecular flexibility index (Phi) is 5.70. The van der Waals surface area contributed by atoms with Crippen molar-refractivity contribution >= 4 is 23.8 Å². The molecular weight excluding hydrogens is 339 g/mol. The van der Waals surface area contributed by atoms with E-state index in [1.54, 1.807) is 6.92 Å². The lowest BCUT2D eigenvalue weighted by Crippen LogP contribution is -2.24. The Labute approximate surface area is 142 Å². The van der Waals surface area contributed by atoms with Crippen molar-refractivity contribution in [3.63, 3.8) is 0 Å². The van der Waals surface area contributed by atoms with Crippen LogP contribution in [0.4, 0.5) is 4.39 Å². The van der Waals surface area contributed by atoms with Gasteiger partial charge in [0.05, 0.1) is 10.6 Å². The molecule has 1 atom stereocenters. The van der Waals surface area contributed by atoms with Gasteiger partial charge in [-0.25, -0.2) is 9.78 Å². The number of hydrogen-bond acceptors (Lipinski definition) is 6. The van der Waals surface area contributed by atoms with Gasteiger partial charge in [-0.05, 0) is 37.6 Å². The molecule has 6 nitrogen and oxygen atoms in total. The van der Waals surface area contributed by atoms with Gasteiger partial charge in [0.25, 0.3) is 0 Å². The summed E-state index contributed by atoms with van der Waals surface area (Å²) in [5, 5.41) is 13.6. The van der Waals surface area contributed by atoms with Crippen LogP contribution in [0, 0.1) is 5.95 Å². The van der Waals surface area contributed by atoms with Gasteiger partial charge in [0.15, 0.2) is 17.6 Å². The molecular formula is C16H14ClFN2O4. The molecule has 2 aromatic rings. The molecule has 8 heteroatoms. The highest BCUT2D eigenvalue weighted by atomic mass is 35.5. The summed E-state index contributed by atoms with van der Waals surface area (Å²) in [4.78, 5) is 19.6. The van der Waals surface area contributed by atoms with Crippen molar-refractivity contribution in [2.24, 2.45) is 5.16 Å². The number of carbonyl (C=O) groups excluding carboxylic acids is 1. The fourth-order valence-electron chi connectivity index (χ4n) is 1.86. The fraction of sp³-hybridized carbons (Fsp3) is 0.188. The zero-order valence-electron chi connectivity index (χ0n) is 12.9. The van der Waals surface area contributed by atoms with Crippen LogP contribution >= 0.6 is 11.6 Å². The van der Waals surface area contributed by atoms with Crippen LogP contribution in [0.2, 0.25) is 5.02 Å². The molecule has 1 N–H and O–H groups in total. The maximum Gasteiger partial charge on any atom is 0.374 e. The molecule has 0 spiro atoms. The first-order valence-electron chi connectivity index (χ1n) is 6.93. The standard InChI is InChI=1S/C16H14ClFN2O4/c1-3-20-24-16(22)9(2)23-13-5-4-10(8-12(13)21)14-11(17)6-7-19-15(14)18/h3-9,21H,1-2H3. The van der Waals surface area contributed by atoms with Gasteiger partial charge in [-0.3, -0.25) is 0 Å². The number of hydrogen-bond donors (Lipinski definition) is 1. The number of benzene rings is 1. The lowest BCUT2D eigenvalue weighted by atomic mass is 10.1. The number of aromatic nitrogens is 1. The van der Waals surface area contributed by atoms with E-state index in [1.165, 1.54) is 43.6 Å². The van der Waals surface area contributed by atoms with E-state index < -0.39 is 18.0 Å². The molecule has 0 fully saturated rings. The molecule has 0 aliphatic rings. The van der Waals surface area contributed by atoms with E-state index in [2.05, 4.69) is 15.0 Å². The van der Waals surface area contributed by atoms with E-state index >= 15 is 0 Å². The summed E-state index contributed by atoms with van der Waals surface area (Å²) in [6.45, 7) is 3.03. The number of ether oxygens (including phenoxy) is 1. The van der Waals surface area contributed by atoms with Crippen molar-refractivity contribution in [2.45, 2.75) is 20.0 Å². The average Bonchev–Trinajstić information content (AvgIpc) is 2.54. The van der Waals surface area contributed by atoms with Crippen LogP contribution in [0.1, 0.15) is 13.8 Å². The fourth-order valence-corrected chi connectivity index (χ4v) is 2.10. The van der Waals surface area contributed by atoms with E-state index in [-0.39, 0.29) is 22.1 Å². The van der Waals surface area contributed by atoms with Crippen molar-refractivity contribution in [1.29, 1.82) is 0 Å². The molecule has 24 heavy (non-hydrogen) atoms. The van der Waals surface area contributed by atoms with Crippen LogP contribution in [-0.4, -0.2) is 28.4 Å². The number of nitrogens with zero attached hydrogens (tertiary/aromatic N) is 2. The highest BCUT2D eigenvalue weighted by Crippen LogP contribution is 2.35. The molecule has 1 aromatic heterocycles. The first kappa shape index (κ1) is 17.7. The minimum atomic E-state index is -0.996. The molecule has 0 radical (unpaired) electrons. The number of pyridine rings is 1. The highest BCUT2D eigenvalue weighted by Gasteiger charge is 2.19. The molecule has 0 aliphatic carbocycles. The van der Waals surface area contributed by atoms with E-state index in [1.807, 2.05) is 0 Å². The SMILES string of the molecule is CC=NOC(=O)C(C)Oc1ccc(-c2c(Cl)ccnc2F)cc1O.